The van der Waals surface area contributed by atoms with Crippen molar-refractivity contribution in [2.45, 2.75) is 46.5 Å². The van der Waals surface area contributed by atoms with Crippen LogP contribution in [0.5, 0.6) is 17.2 Å². The minimum Gasteiger partial charge on any atom is -0.497 e. The van der Waals surface area contributed by atoms with Gasteiger partial charge in [-0.1, -0.05) is 38.0 Å². The average molecular weight is 503 g/mol. The third-order valence-electron chi connectivity index (χ3n) is 6.19. The number of imide groups is 1. The number of rotatable bonds is 12. The molecule has 2 amide bonds. The van der Waals surface area contributed by atoms with Crippen molar-refractivity contribution < 1.29 is 23.8 Å². The zero-order valence-corrected chi connectivity index (χ0v) is 22.0. The Morgan fingerprint density at radius 3 is 2.38 bits per heavy atom. The van der Waals surface area contributed by atoms with E-state index in [1.54, 1.807) is 20.1 Å². The number of carbonyl (C=O) groups is 2. The summed E-state index contributed by atoms with van der Waals surface area (Å²) in [4.78, 5) is 27.5. The Hall–Kier alpha value is -4.05. The molecule has 7 heteroatoms. The van der Waals surface area contributed by atoms with Crippen molar-refractivity contribution in [2.24, 2.45) is 0 Å². The van der Waals surface area contributed by atoms with Crippen LogP contribution in [0.1, 0.15) is 51.2 Å². The molecule has 0 saturated carbocycles. The fourth-order valence-corrected chi connectivity index (χ4v) is 4.07. The summed E-state index contributed by atoms with van der Waals surface area (Å²) < 4.78 is 16.9. The molecule has 2 aromatic rings. The Morgan fingerprint density at radius 2 is 1.73 bits per heavy atom. The fraction of sp³-hybridized carbons (Fsp3) is 0.367. The van der Waals surface area contributed by atoms with Crippen molar-refractivity contribution in [2.75, 3.05) is 26.9 Å². The molecule has 0 aliphatic carbocycles. The van der Waals surface area contributed by atoms with Gasteiger partial charge >= 0.3 is 0 Å². The monoisotopic (exact) mass is 502 g/mol. The van der Waals surface area contributed by atoms with Crippen molar-refractivity contribution in [3.05, 3.63) is 70.3 Å². The second-order valence-electron chi connectivity index (χ2n) is 8.72. The molecule has 0 atom stereocenters. The van der Waals surface area contributed by atoms with Gasteiger partial charge in [-0.25, -0.2) is 0 Å². The first kappa shape index (κ1) is 27.5. The molecule has 1 heterocycles. The number of nitriles is 1. The van der Waals surface area contributed by atoms with Crippen LogP contribution in [0.25, 0.3) is 6.08 Å². The lowest BCUT2D eigenvalue weighted by molar-refractivity contribution is -0.140. The van der Waals surface area contributed by atoms with Crippen LogP contribution in [0, 0.1) is 11.3 Å². The highest BCUT2D eigenvalue weighted by Crippen LogP contribution is 2.32. The quantitative estimate of drug-likeness (QED) is 0.216. The van der Waals surface area contributed by atoms with E-state index in [-0.39, 0.29) is 12.1 Å². The molecular formula is C30H34N2O5. The Bertz CT molecular complexity index is 1220. The molecule has 0 fully saturated rings. The van der Waals surface area contributed by atoms with Crippen LogP contribution in [0.15, 0.2) is 59.2 Å². The molecular weight excluding hydrogens is 468 g/mol. The molecule has 0 saturated heterocycles. The van der Waals surface area contributed by atoms with Crippen molar-refractivity contribution in [1.29, 1.82) is 5.26 Å². The predicted octanol–water partition coefficient (Wildman–Crippen LogP) is 5.50. The number of unbranched alkanes of at least 4 members (excludes halogenated alkanes) is 2. The summed E-state index contributed by atoms with van der Waals surface area (Å²) in [6, 6.07) is 14.9. The zero-order chi connectivity index (χ0) is 26.8. The molecule has 0 radical (unpaired) electrons. The maximum Gasteiger partial charge on any atom is 0.271 e. The van der Waals surface area contributed by atoms with Crippen molar-refractivity contribution in [3.63, 3.8) is 0 Å². The van der Waals surface area contributed by atoms with Gasteiger partial charge in [0.2, 0.25) is 0 Å². The Balaban J connectivity index is 1.87. The van der Waals surface area contributed by atoms with Crippen LogP contribution in [-0.2, 0) is 16.0 Å². The van der Waals surface area contributed by atoms with Gasteiger partial charge in [0.25, 0.3) is 11.8 Å². The Kier molecular flexibility index (Phi) is 9.91. The molecule has 0 spiro atoms. The number of benzene rings is 2. The maximum absolute atomic E-state index is 13.4. The molecule has 1 aliphatic rings. The minimum absolute atomic E-state index is 0.0264. The van der Waals surface area contributed by atoms with E-state index in [0.29, 0.717) is 47.8 Å². The van der Waals surface area contributed by atoms with Crippen molar-refractivity contribution in [1.82, 2.24) is 4.90 Å². The van der Waals surface area contributed by atoms with E-state index in [4.69, 9.17) is 14.2 Å². The molecule has 0 N–H and O–H groups in total. The highest BCUT2D eigenvalue weighted by atomic mass is 16.5. The number of ether oxygens (including phenoxy) is 3. The lowest BCUT2D eigenvalue weighted by Crippen LogP contribution is -2.43. The van der Waals surface area contributed by atoms with E-state index in [1.807, 2.05) is 55.5 Å². The summed E-state index contributed by atoms with van der Waals surface area (Å²) in [5.74, 6) is 0.977. The third-order valence-corrected chi connectivity index (χ3v) is 6.19. The van der Waals surface area contributed by atoms with E-state index in [1.165, 1.54) is 0 Å². The van der Waals surface area contributed by atoms with Crippen LogP contribution < -0.4 is 14.2 Å². The number of amides is 2. The Morgan fingerprint density at radius 1 is 0.973 bits per heavy atom. The summed E-state index contributed by atoms with van der Waals surface area (Å²) in [7, 11) is 1.59. The fourth-order valence-electron chi connectivity index (χ4n) is 4.07. The number of nitrogens with zero attached hydrogens (tertiary/aromatic N) is 2. The summed E-state index contributed by atoms with van der Waals surface area (Å²) in [5.41, 5.74) is 2.32. The lowest BCUT2D eigenvalue weighted by Gasteiger charge is -2.27. The largest absolute Gasteiger partial charge is 0.497 e. The van der Waals surface area contributed by atoms with Gasteiger partial charge in [0.15, 0.2) is 11.5 Å². The Labute approximate surface area is 218 Å². The van der Waals surface area contributed by atoms with Crippen LogP contribution in [0.3, 0.4) is 0 Å². The minimum atomic E-state index is -0.568. The number of hydrogen-bond donors (Lipinski definition) is 0. The average Bonchev–Trinajstić information content (AvgIpc) is 2.90. The zero-order valence-electron chi connectivity index (χ0n) is 22.0. The highest BCUT2D eigenvalue weighted by molar-refractivity contribution is 6.19. The van der Waals surface area contributed by atoms with Crippen LogP contribution in [0.2, 0.25) is 0 Å². The number of methoxy groups -OCH3 is 1. The van der Waals surface area contributed by atoms with E-state index in [9.17, 15) is 14.9 Å². The summed E-state index contributed by atoms with van der Waals surface area (Å²) in [6.07, 6.45) is 5.33. The van der Waals surface area contributed by atoms with Gasteiger partial charge in [0.05, 0.1) is 20.3 Å². The van der Waals surface area contributed by atoms with E-state index in [2.05, 4.69) is 6.92 Å². The lowest BCUT2D eigenvalue weighted by atomic mass is 9.93. The van der Waals surface area contributed by atoms with Gasteiger partial charge in [-0.05, 0) is 73.7 Å². The topological polar surface area (TPSA) is 88.9 Å². The predicted molar refractivity (Wildman–Crippen MR) is 142 cm³/mol. The molecule has 194 valence electrons. The maximum atomic E-state index is 13.4. The van der Waals surface area contributed by atoms with Crippen molar-refractivity contribution >= 4 is 17.9 Å². The highest BCUT2D eigenvalue weighted by Gasteiger charge is 2.35. The summed E-state index contributed by atoms with van der Waals surface area (Å²) in [6.45, 7) is 6.91. The van der Waals surface area contributed by atoms with E-state index >= 15 is 0 Å². The molecule has 3 rings (SSSR count). The smallest absolute Gasteiger partial charge is 0.271 e. The second kappa shape index (κ2) is 13.3. The van der Waals surface area contributed by atoms with E-state index in [0.717, 1.165) is 35.5 Å². The molecule has 1 aliphatic heterocycles. The SMILES string of the molecule is CCCCCOc1ccc(/C=C2/C(=O)N(CCc3ccc(OC)cc3)C(=O)C(C#N)=C2C)cc1OCC. The first-order chi connectivity index (χ1) is 17.9. The van der Waals surface area contributed by atoms with Crippen LogP contribution in [0.4, 0.5) is 0 Å². The van der Waals surface area contributed by atoms with Gasteiger partial charge in [0, 0.05) is 12.1 Å². The van der Waals surface area contributed by atoms with Gasteiger partial charge in [-0.2, -0.15) is 5.26 Å². The molecule has 0 unspecified atom stereocenters. The number of hydrogen-bond acceptors (Lipinski definition) is 6. The molecule has 7 nitrogen and oxygen atoms in total. The molecule has 0 aromatic heterocycles. The van der Waals surface area contributed by atoms with Gasteiger partial charge in [0.1, 0.15) is 17.4 Å². The second-order valence-corrected chi connectivity index (χ2v) is 8.72. The molecule has 0 bridgehead atoms. The first-order valence-electron chi connectivity index (χ1n) is 12.6. The van der Waals surface area contributed by atoms with Crippen LogP contribution >= 0.6 is 0 Å². The van der Waals surface area contributed by atoms with Gasteiger partial charge in [-0.3, -0.25) is 14.5 Å². The van der Waals surface area contributed by atoms with Crippen molar-refractivity contribution in [3.8, 4) is 23.3 Å². The van der Waals surface area contributed by atoms with Crippen LogP contribution in [-0.4, -0.2) is 43.6 Å². The molecule has 2 aromatic carbocycles. The summed E-state index contributed by atoms with van der Waals surface area (Å²) in [5, 5.41) is 9.69. The van der Waals surface area contributed by atoms with Gasteiger partial charge in [-0.15, -0.1) is 0 Å². The first-order valence-corrected chi connectivity index (χ1v) is 12.6. The molecule has 37 heavy (non-hydrogen) atoms. The van der Waals surface area contributed by atoms with Gasteiger partial charge < -0.3 is 14.2 Å². The van der Waals surface area contributed by atoms with E-state index < -0.39 is 11.8 Å². The third kappa shape index (κ3) is 6.79. The normalized spacial score (nSPS) is 14.7. The summed E-state index contributed by atoms with van der Waals surface area (Å²) >= 11 is 0. The number of carbonyl (C=O) groups excluding carboxylic acids is 2. The standard InChI is InChI=1S/C30H34N2O5/c1-5-7-8-17-37-27-14-11-23(19-28(27)36-6-2)18-25-21(3)26(20-31)30(34)32(29(25)33)16-15-22-9-12-24(35-4)13-10-22/h9-14,18-19H,5-8,15-17H2,1-4H3/b25-18+.